The van der Waals surface area contributed by atoms with Crippen molar-refractivity contribution in [3.63, 3.8) is 0 Å². The molecule has 3 nitrogen and oxygen atoms in total. The van der Waals surface area contributed by atoms with Crippen LogP contribution in [-0.4, -0.2) is 18.7 Å². The molecule has 0 fully saturated rings. The van der Waals surface area contributed by atoms with Gasteiger partial charge >= 0.3 is 0 Å². The number of rotatable bonds is 7. The lowest BCUT2D eigenvalue weighted by Gasteiger charge is -2.22. The van der Waals surface area contributed by atoms with Crippen molar-refractivity contribution in [1.29, 1.82) is 5.26 Å². The third kappa shape index (κ3) is 4.38. The van der Waals surface area contributed by atoms with Crippen molar-refractivity contribution in [3.8, 4) is 11.8 Å². The molecule has 1 aromatic carbocycles. The van der Waals surface area contributed by atoms with E-state index in [1.807, 2.05) is 26.0 Å². The van der Waals surface area contributed by atoms with Gasteiger partial charge in [-0.15, -0.1) is 0 Å². The van der Waals surface area contributed by atoms with Crippen LogP contribution in [0.3, 0.4) is 0 Å². The Hall–Kier alpha value is -1.53. The normalized spacial score (nSPS) is 13.7. The van der Waals surface area contributed by atoms with Crippen LogP contribution in [-0.2, 0) is 6.42 Å². The topological polar surface area (TPSA) is 45.0 Å². The van der Waals surface area contributed by atoms with Crippen molar-refractivity contribution >= 4 is 0 Å². The zero-order chi connectivity index (χ0) is 13.4. The van der Waals surface area contributed by atoms with Crippen LogP contribution in [0.1, 0.15) is 32.8 Å². The van der Waals surface area contributed by atoms with Gasteiger partial charge in [-0.1, -0.05) is 26.0 Å². The van der Waals surface area contributed by atoms with Gasteiger partial charge in [0, 0.05) is 6.42 Å². The van der Waals surface area contributed by atoms with Gasteiger partial charge in [0.15, 0.2) is 0 Å². The fourth-order valence-electron chi connectivity index (χ4n) is 1.80. The molecule has 0 radical (unpaired) electrons. The lowest BCUT2D eigenvalue weighted by Crippen LogP contribution is -2.42. The number of hydrogen-bond acceptors (Lipinski definition) is 3. The minimum absolute atomic E-state index is 0.503. The molecular weight excluding hydrogens is 224 g/mol. The summed E-state index contributed by atoms with van der Waals surface area (Å²) in [5.74, 6) is 0.881. The molecule has 1 N–H and O–H groups in total. The monoisotopic (exact) mass is 246 g/mol. The van der Waals surface area contributed by atoms with E-state index < -0.39 is 5.54 Å². The van der Waals surface area contributed by atoms with Crippen LogP contribution < -0.4 is 10.1 Å². The summed E-state index contributed by atoms with van der Waals surface area (Å²) in [5.41, 5.74) is 0.763. The van der Waals surface area contributed by atoms with E-state index in [1.54, 1.807) is 0 Å². The maximum atomic E-state index is 9.13. The zero-order valence-electron chi connectivity index (χ0n) is 11.5. The molecular formula is C15H22N2O. The average molecular weight is 246 g/mol. The first-order chi connectivity index (χ1) is 8.63. The highest BCUT2D eigenvalue weighted by molar-refractivity contribution is 5.28. The van der Waals surface area contributed by atoms with E-state index in [9.17, 15) is 0 Å². The zero-order valence-corrected chi connectivity index (χ0v) is 11.5. The molecule has 0 bridgehead atoms. The van der Waals surface area contributed by atoms with E-state index in [-0.39, 0.29) is 0 Å². The molecule has 98 valence electrons. The predicted octanol–water partition coefficient (Wildman–Crippen LogP) is 2.91. The summed E-state index contributed by atoms with van der Waals surface area (Å²) in [6.07, 6.45) is 1.68. The molecule has 0 aliphatic heterocycles. The molecule has 0 saturated heterocycles. The van der Waals surface area contributed by atoms with Gasteiger partial charge in [0.1, 0.15) is 11.3 Å². The van der Waals surface area contributed by atoms with Crippen LogP contribution in [0.5, 0.6) is 5.75 Å². The van der Waals surface area contributed by atoms with Gasteiger partial charge in [0.2, 0.25) is 0 Å². The average Bonchev–Trinajstić information content (AvgIpc) is 2.39. The summed E-state index contributed by atoms with van der Waals surface area (Å²) < 4.78 is 5.70. The number of nitrogens with one attached hydrogen (secondary N) is 1. The minimum Gasteiger partial charge on any atom is -0.493 e. The summed E-state index contributed by atoms with van der Waals surface area (Å²) >= 11 is 0. The highest BCUT2D eigenvalue weighted by Gasteiger charge is 2.21. The van der Waals surface area contributed by atoms with E-state index >= 15 is 0 Å². The molecule has 1 rings (SSSR count). The molecule has 0 saturated carbocycles. The van der Waals surface area contributed by atoms with E-state index in [1.165, 1.54) is 5.56 Å². The molecule has 0 aliphatic rings. The Bertz CT molecular complexity index is 411. The number of benzene rings is 1. The van der Waals surface area contributed by atoms with Crippen LogP contribution in [0.15, 0.2) is 24.3 Å². The van der Waals surface area contributed by atoms with Crippen molar-refractivity contribution in [2.24, 2.45) is 0 Å². The summed E-state index contributed by atoms with van der Waals surface area (Å²) in [4.78, 5) is 0. The standard InChI is InChI=1S/C15H22N2O/c1-4-13-7-6-8-14(11-13)18-10-9-15(3,12-16)17-5-2/h6-8,11,17H,4-5,9-10H2,1-3H3. The highest BCUT2D eigenvalue weighted by atomic mass is 16.5. The van der Waals surface area contributed by atoms with Gasteiger partial charge in [0.25, 0.3) is 0 Å². The Kier molecular flexibility index (Phi) is 5.67. The Balaban J connectivity index is 2.48. The lowest BCUT2D eigenvalue weighted by atomic mass is 10.0. The first-order valence-electron chi connectivity index (χ1n) is 6.51. The second-order valence-corrected chi connectivity index (χ2v) is 4.57. The van der Waals surface area contributed by atoms with Gasteiger partial charge in [-0.05, 0) is 37.6 Å². The van der Waals surface area contributed by atoms with Gasteiger partial charge < -0.3 is 4.74 Å². The van der Waals surface area contributed by atoms with Crippen LogP contribution in [0.4, 0.5) is 0 Å². The molecule has 0 heterocycles. The summed E-state index contributed by atoms with van der Waals surface area (Å²) in [5, 5.41) is 12.3. The summed E-state index contributed by atoms with van der Waals surface area (Å²) in [6.45, 7) is 7.36. The second-order valence-electron chi connectivity index (χ2n) is 4.57. The molecule has 1 unspecified atom stereocenters. The third-order valence-corrected chi connectivity index (χ3v) is 2.99. The molecule has 1 atom stereocenters. The maximum Gasteiger partial charge on any atom is 0.119 e. The Morgan fingerprint density at radius 3 is 2.78 bits per heavy atom. The van der Waals surface area contributed by atoms with Gasteiger partial charge in [-0.3, -0.25) is 5.32 Å². The Labute approximate surface area is 110 Å². The van der Waals surface area contributed by atoms with E-state index in [0.29, 0.717) is 13.0 Å². The number of nitrogens with zero attached hydrogens (tertiary/aromatic N) is 1. The van der Waals surface area contributed by atoms with Crippen molar-refractivity contribution in [2.75, 3.05) is 13.2 Å². The van der Waals surface area contributed by atoms with Crippen LogP contribution in [0.25, 0.3) is 0 Å². The van der Waals surface area contributed by atoms with Gasteiger partial charge in [-0.25, -0.2) is 0 Å². The number of aryl methyl sites for hydroxylation is 1. The van der Waals surface area contributed by atoms with Gasteiger partial charge in [0.05, 0.1) is 12.7 Å². The molecule has 0 spiro atoms. The molecule has 0 amide bonds. The first kappa shape index (κ1) is 14.5. The van der Waals surface area contributed by atoms with Crippen LogP contribution in [0.2, 0.25) is 0 Å². The van der Waals surface area contributed by atoms with Crippen LogP contribution >= 0.6 is 0 Å². The van der Waals surface area contributed by atoms with Crippen molar-refractivity contribution in [2.45, 2.75) is 39.2 Å². The van der Waals surface area contributed by atoms with Crippen molar-refractivity contribution < 1.29 is 4.74 Å². The first-order valence-corrected chi connectivity index (χ1v) is 6.51. The molecule has 3 heteroatoms. The quantitative estimate of drug-likeness (QED) is 0.804. The largest absolute Gasteiger partial charge is 0.493 e. The Morgan fingerprint density at radius 1 is 1.39 bits per heavy atom. The van der Waals surface area contributed by atoms with Crippen LogP contribution in [0, 0.1) is 11.3 Å². The predicted molar refractivity (Wildman–Crippen MR) is 73.6 cm³/mol. The maximum absolute atomic E-state index is 9.13. The smallest absolute Gasteiger partial charge is 0.119 e. The summed E-state index contributed by atoms with van der Waals surface area (Å²) in [6, 6.07) is 10.4. The number of ether oxygens (including phenoxy) is 1. The fraction of sp³-hybridized carbons (Fsp3) is 0.533. The minimum atomic E-state index is -0.503. The molecule has 18 heavy (non-hydrogen) atoms. The van der Waals surface area contributed by atoms with Crippen molar-refractivity contribution in [1.82, 2.24) is 5.32 Å². The van der Waals surface area contributed by atoms with Gasteiger partial charge in [-0.2, -0.15) is 5.26 Å². The lowest BCUT2D eigenvalue weighted by molar-refractivity contribution is 0.268. The molecule has 0 aliphatic carbocycles. The molecule has 0 aromatic heterocycles. The second kappa shape index (κ2) is 7.03. The van der Waals surface area contributed by atoms with E-state index in [4.69, 9.17) is 10.00 Å². The highest BCUT2D eigenvalue weighted by Crippen LogP contribution is 2.15. The SMILES string of the molecule is CCNC(C)(C#N)CCOc1cccc(CC)c1. The molecule has 1 aromatic rings. The number of hydrogen-bond donors (Lipinski definition) is 1. The van der Waals surface area contributed by atoms with E-state index in [2.05, 4.69) is 30.4 Å². The summed E-state index contributed by atoms with van der Waals surface area (Å²) in [7, 11) is 0. The fourth-order valence-corrected chi connectivity index (χ4v) is 1.80. The number of nitriles is 1. The Morgan fingerprint density at radius 2 is 2.17 bits per heavy atom. The van der Waals surface area contributed by atoms with E-state index in [0.717, 1.165) is 18.7 Å². The van der Waals surface area contributed by atoms with Crippen molar-refractivity contribution in [3.05, 3.63) is 29.8 Å². The third-order valence-electron chi connectivity index (χ3n) is 2.99.